The summed E-state index contributed by atoms with van der Waals surface area (Å²) >= 11 is 6.72. The van der Waals surface area contributed by atoms with Gasteiger partial charge in [-0.05, 0) is 37.2 Å². The van der Waals surface area contributed by atoms with E-state index >= 15 is 0 Å². The molecule has 3 heteroatoms. The first kappa shape index (κ1) is 20.1. The summed E-state index contributed by atoms with van der Waals surface area (Å²) in [4.78, 5) is 0. The van der Waals surface area contributed by atoms with Crippen LogP contribution in [0.15, 0.2) is 60.7 Å². The molecule has 0 aliphatic rings. The molecule has 3 aromatic carbocycles. The molecule has 0 aliphatic heterocycles. The molecule has 0 saturated carbocycles. The molecular formula is C24H29ClSi2. The molecule has 0 aliphatic carbocycles. The molecule has 3 aromatic rings. The lowest BCUT2D eigenvalue weighted by Gasteiger charge is -2.24. The molecule has 140 valence electrons. The van der Waals surface area contributed by atoms with Crippen LogP contribution in [0.2, 0.25) is 24.7 Å². The largest absolute Gasteiger partial charge is 0.135 e. The monoisotopic (exact) mass is 408 g/mol. The van der Waals surface area contributed by atoms with Gasteiger partial charge in [-0.15, -0.1) is 0 Å². The van der Waals surface area contributed by atoms with Crippen molar-refractivity contribution in [3.05, 3.63) is 82.4 Å². The maximum atomic E-state index is 6.72. The zero-order valence-corrected chi connectivity index (χ0v) is 20.1. The molecule has 0 saturated heterocycles. The van der Waals surface area contributed by atoms with Crippen LogP contribution < -0.4 is 20.7 Å². The van der Waals surface area contributed by atoms with Crippen molar-refractivity contribution in [1.29, 1.82) is 0 Å². The van der Waals surface area contributed by atoms with Crippen molar-refractivity contribution in [3.8, 4) is 0 Å². The zero-order valence-electron chi connectivity index (χ0n) is 17.2. The molecule has 0 nitrogen and oxygen atoms in total. The summed E-state index contributed by atoms with van der Waals surface area (Å²) in [5, 5.41) is 6.70. The van der Waals surface area contributed by atoms with Crippen molar-refractivity contribution >= 4 is 49.2 Å². The Morgan fingerprint density at radius 2 is 1.44 bits per heavy atom. The smallest absolute Gasteiger partial charge is 0.0845 e. The second-order valence-corrected chi connectivity index (χ2v) is 17.0. The lowest BCUT2D eigenvalue weighted by Crippen LogP contribution is -2.55. The highest BCUT2D eigenvalue weighted by atomic mass is 35.5. The molecule has 0 heterocycles. The van der Waals surface area contributed by atoms with Gasteiger partial charge in [0.15, 0.2) is 0 Å². The lowest BCUT2D eigenvalue weighted by molar-refractivity contribution is 1.41. The fraction of sp³-hybridized carbons (Fsp3) is 0.250. The Morgan fingerprint density at radius 1 is 0.741 bits per heavy atom. The molecule has 0 spiro atoms. The van der Waals surface area contributed by atoms with Crippen molar-refractivity contribution in [3.63, 3.8) is 0 Å². The van der Waals surface area contributed by atoms with Crippen LogP contribution in [0.5, 0.6) is 0 Å². The van der Waals surface area contributed by atoms with E-state index in [1.54, 1.807) is 0 Å². The molecule has 0 amide bonds. The van der Waals surface area contributed by atoms with Crippen LogP contribution in [-0.4, -0.2) is 16.9 Å². The normalized spacial score (nSPS) is 12.9. The van der Waals surface area contributed by atoms with Crippen molar-refractivity contribution in [1.82, 2.24) is 0 Å². The summed E-state index contributed by atoms with van der Waals surface area (Å²) in [6, 6.07) is 22.6. The Kier molecular flexibility index (Phi) is 5.80. The Balaban J connectivity index is 2.29. The molecular weight excluding hydrogens is 380 g/mol. The van der Waals surface area contributed by atoms with Crippen LogP contribution in [0.4, 0.5) is 0 Å². The molecule has 0 radical (unpaired) electrons. The minimum Gasteiger partial charge on any atom is -0.0845 e. The highest BCUT2D eigenvalue weighted by Gasteiger charge is 2.25. The lowest BCUT2D eigenvalue weighted by atomic mass is 10.2. The Bertz CT molecular complexity index is 970. The molecule has 0 N–H and O–H groups in total. The van der Waals surface area contributed by atoms with E-state index in [0.717, 1.165) is 5.02 Å². The first-order valence-electron chi connectivity index (χ1n) is 9.60. The van der Waals surface area contributed by atoms with E-state index < -0.39 is 16.9 Å². The second-order valence-electron chi connectivity index (χ2n) is 8.70. The van der Waals surface area contributed by atoms with Crippen LogP contribution in [0.1, 0.15) is 16.7 Å². The standard InChI is InChI=1S/C24H29ClSi2/c1-17-11-12-23(19(3)13-17)26(24-10-8-7-9-22(24)25)20-14-18(2)15-21(16-20)27(4,5)6/h7-16,26H,1-6H3. The fourth-order valence-corrected chi connectivity index (χ4v) is 9.02. The maximum absolute atomic E-state index is 6.72. The van der Waals surface area contributed by atoms with Gasteiger partial charge in [-0.25, -0.2) is 0 Å². The predicted octanol–water partition coefficient (Wildman–Crippen LogP) is 4.06. The number of benzene rings is 3. The van der Waals surface area contributed by atoms with Crippen LogP contribution in [0.25, 0.3) is 0 Å². The quantitative estimate of drug-likeness (QED) is 0.451. The number of aryl methyl sites for hydroxylation is 3. The van der Waals surface area contributed by atoms with E-state index in [1.165, 1.54) is 37.4 Å². The van der Waals surface area contributed by atoms with E-state index in [4.69, 9.17) is 11.6 Å². The highest BCUT2D eigenvalue weighted by Crippen LogP contribution is 2.11. The third-order valence-electron chi connectivity index (χ3n) is 5.25. The summed E-state index contributed by atoms with van der Waals surface area (Å²) < 4.78 is 0. The van der Waals surface area contributed by atoms with Crippen LogP contribution in [0.3, 0.4) is 0 Å². The molecule has 3 rings (SSSR count). The van der Waals surface area contributed by atoms with Gasteiger partial charge in [0.2, 0.25) is 0 Å². The topological polar surface area (TPSA) is 0 Å². The number of rotatable bonds is 4. The second kappa shape index (κ2) is 7.79. The van der Waals surface area contributed by atoms with Crippen LogP contribution in [0, 0.1) is 20.8 Å². The highest BCUT2D eigenvalue weighted by molar-refractivity contribution is 6.97. The summed E-state index contributed by atoms with van der Waals surface area (Å²) in [5.41, 5.74) is 4.05. The van der Waals surface area contributed by atoms with E-state index in [1.807, 2.05) is 12.1 Å². The van der Waals surface area contributed by atoms with Crippen molar-refractivity contribution in [2.24, 2.45) is 0 Å². The molecule has 0 aromatic heterocycles. The van der Waals surface area contributed by atoms with Gasteiger partial charge in [-0.1, -0.05) is 113 Å². The average Bonchev–Trinajstić information content (AvgIpc) is 2.57. The van der Waals surface area contributed by atoms with Crippen molar-refractivity contribution in [2.75, 3.05) is 0 Å². The van der Waals surface area contributed by atoms with E-state index in [9.17, 15) is 0 Å². The zero-order chi connectivity index (χ0) is 19.8. The summed E-state index contributed by atoms with van der Waals surface area (Å²) in [7, 11) is -3.04. The van der Waals surface area contributed by atoms with E-state index in [0.29, 0.717) is 0 Å². The van der Waals surface area contributed by atoms with Gasteiger partial charge >= 0.3 is 0 Å². The summed E-state index contributed by atoms with van der Waals surface area (Å²) in [5.74, 6) is 0. The third kappa shape index (κ3) is 4.45. The van der Waals surface area contributed by atoms with Crippen molar-refractivity contribution < 1.29 is 0 Å². The first-order chi connectivity index (χ1) is 12.7. The molecule has 0 bridgehead atoms. The minimum atomic E-state index is -1.65. The Morgan fingerprint density at radius 3 is 2.07 bits per heavy atom. The van der Waals surface area contributed by atoms with Gasteiger partial charge in [0.05, 0.1) is 8.07 Å². The van der Waals surface area contributed by atoms with E-state index in [-0.39, 0.29) is 0 Å². The maximum Gasteiger partial charge on any atom is 0.135 e. The van der Waals surface area contributed by atoms with Gasteiger partial charge in [0.25, 0.3) is 0 Å². The van der Waals surface area contributed by atoms with Gasteiger partial charge in [-0.2, -0.15) is 0 Å². The Hall–Kier alpha value is -1.62. The molecule has 1 atom stereocenters. The molecule has 1 unspecified atom stereocenters. The van der Waals surface area contributed by atoms with Gasteiger partial charge in [-0.3, -0.25) is 0 Å². The predicted molar refractivity (Wildman–Crippen MR) is 128 cm³/mol. The molecule has 0 fully saturated rings. The summed E-state index contributed by atoms with van der Waals surface area (Å²) in [6.45, 7) is 13.9. The average molecular weight is 409 g/mol. The van der Waals surface area contributed by atoms with Crippen molar-refractivity contribution in [2.45, 2.75) is 40.4 Å². The summed E-state index contributed by atoms with van der Waals surface area (Å²) in [6.07, 6.45) is 0. The number of halogens is 1. The Labute approximate surface area is 171 Å². The van der Waals surface area contributed by atoms with Gasteiger partial charge < -0.3 is 0 Å². The fourth-order valence-electron chi connectivity index (χ4n) is 3.80. The first-order valence-corrected chi connectivity index (χ1v) is 15.2. The van der Waals surface area contributed by atoms with E-state index in [2.05, 4.69) is 88.9 Å². The SMILES string of the molecule is Cc1cc([SiH](c2ccc(C)cc2C)c2ccccc2Cl)cc([Si](C)(C)C)c1. The van der Waals surface area contributed by atoms with Crippen LogP contribution in [-0.2, 0) is 0 Å². The molecule has 27 heavy (non-hydrogen) atoms. The van der Waals surface area contributed by atoms with Gasteiger partial charge in [0.1, 0.15) is 8.80 Å². The third-order valence-corrected chi connectivity index (χ3v) is 11.2. The minimum absolute atomic E-state index is 0.894. The number of hydrogen-bond donors (Lipinski definition) is 0. The van der Waals surface area contributed by atoms with Gasteiger partial charge in [0, 0.05) is 5.02 Å². The number of hydrogen-bond acceptors (Lipinski definition) is 0. The van der Waals surface area contributed by atoms with Crippen LogP contribution >= 0.6 is 11.6 Å².